The van der Waals surface area contributed by atoms with Crippen molar-refractivity contribution in [2.24, 2.45) is 0 Å². The van der Waals surface area contributed by atoms with Crippen LogP contribution in [0.3, 0.4) is 0 Å². The van der Waals surface area contributed by atoms with E-state index < -0.39 is 21.9 Å². The maximum atomic E-state index is 14.2. The van der Waals surface area contributed by atoms with Crippen LogP contribution >= 0.6 is 15.9 Å². The molecule has 1 fully saturated rings. The number of hydrogen-bond donors (Lipinski definition) is 1. The molecule has 0 aliphatic carbocycles. The summed E-state index contributed by atoms with van der Waals surface area (Å²) in [7, 11) is -2.64. The van der Waals surface area contributed by atoms with E-state index in [-0.39, 0.29) is 23.1 Å². The zero-order chi connectivity index (χ0) is 21.0. The summed E-state index contributed by atoms with van der Waals surface area (Å²) in [6.07, 6.45) is 1.90. The van der Waals surface area contributed by atoms with Crippen molar-refractivity contribution in [3.63, 3.8) is 0 Å². The Balaban J connectivity index is 2.02. The normalized spacial score (nSPS) is 17.7. The molecule has 0 saturated carbocycles. The number of carbonyl (C=O) groups is 1. The second kappa shape index (κ2) is 9.23. The Bertz CT molecular complexity index is 982. The Morgan fingerprint density at radius 2 is 1.93 bits per heavy atom. The van der Waals surface area contributed by atoms with E-state index in [9.17, 15) is 17.6 Å². The van der Waals surface area contributed by atoms with E-state index in [1.54, 1.807) is 18.2 Å². The van der Waals surface area contributed by atoms with Crippen molar-refractivity contribution >= 4 is 31.9 Å². The largest absolute Gasteiger partial charge is 0.494 e. The fourth-order valence-corrected chi connectivity index (χ4v) is 5.16. The van der Waals surface area contributed by atoms with Gasteiger partial charge >= 0.3 is 0 Å². The molecule has 156 valence electrons. The number of amides is 1. The molecule has 29 heavy (non-hydrogen) atoms. The summed E-state index contributed by atoms with van der Waals surface area (Å²) in [6, 6.07) is 9.64. The van der Waals surface area contributed by atoms with Gasteiger partial charge in [0, 0.05) is 17.6 Å². The van der Waals surface area contributed by atoms with E-state index in [1.165, 1.54) is 31.4 Å². The van der Waals surface area contributed by atoms with Crippen molar-refractivity contribution in [2.75, 3.05) is 13.7 Å². The lowest BCUT2D eigenvalue weighted by Crippen LogP contribution is -2.48. The highest BCUT2D eigenvalue weighted by molar-refractivity contribution is 9.10. The molecule has 1 aliphatic rings. The van der Waals surface area contributed by atoms with E-state index in [0.717, 1.165) is 15.2 Å². The number of hydrogen-bond acceptors (Lipinski definition) is 4. The summed E-state index contributed by atoms with van der Waals surface area (Å²) < 4.78 is 47.9. The first-order chi connectivity index (χ1) is 13.8. The molecule has 1 unspecified atom stereocenters. The number of halogens is 2. The van der Waals surface area contributed by atoms with Gasteiger partial charge in [0.15, 0.2) is 11.6 Å². The third kappa shape index (κ3) is 4.96. The van der Waals surface area contributed by atoms with Gasteiger partial charge in [0.2, 0.25) is 15.9 Å². The molecular weight excluding hydrogens is 463 g/mol. The maximum Gasteiger partial charge on any atom is 0.244 e. The van der Waals surface area contributed by atoms with Crippen LogP contribution in [-0.4, -0.2) is 38.3 Å². The number of rotatable bonds is 6. The Kier molecular flexibility index (Phi) is 6.92. The standard InChI is InChI=1S/C20H22BrFN2O4S/c1-28-19-10-5-14(12-17(19)22)13-24(18-4-2-3-11-23-20(18)25)29(26,27)16-8-6-15(21)7-9-16/h5-10,12,18H,2-4,11,13H2,1H3,(H,23,25). The van der Waals surface area contributed by atoms with Gasteiger partial charge in [0.1, 0.15) is 6.04 Å². The molecule has 6 nitrogen and oxygen atoms in total. The highest BCUT2D eigenvalue weighted by atomic mass is 79.9. The number of benzene rings is 2. The molecular formula is C20H22BrFN2O4S. The monoisotopic (exact) mass is 484 g/mol. The van der Waals surface area contributed by atoms with Crippen LogP contribution in [0.25, 0.3) is 0 Å². The van der Waals surface area contributed by atoms with Crippen LogP contribution in [0.15, 0.2) is 51.8 Å². The number of ether oxygens (including phenoxy) is 1. The van der Waals surface area contributed by atoms with E-state index >= 15 is 0 Å². The van der Waals surface area contributed by atoms with Gasteiger partial charge in [-0.05, 0) is 61.2 Å². The molecule has 9 heteroatoms. The molecule has 0 aromatic heterocycles. The fraction of sp³-hybridized carbons (Fsp3) is 0.350. The lowest BCUT2D eigenvalue weighted by Gasteiger charge is -2.29. The van der Waals surface area contributed by atoms with Gasteiger partial charge in [0.25, 0.3) is 0 Å². The van der Waals surface area contributed by atoms with Gasteiger partial charge in [-0.25, -0.2) is 12.8 Å². The van der Waals surface area contributed by atoms with E-state index in [1.807, 2.05) is 0 Å². The average molecular weight is 485 g/mol. The number of sulfonamides is 1. The zero-order valence-electron chi connectivity index (χ0n) is 15.9. The molecule has 3 rings (SSSR count). The van der Waals surface area contributed by atoms with E-state index in [2.05, 4.69) is 21.2 Å². The Labute approximate surface area is 178 Å². The Morgan fingerprint density at radius 3 is 2.59 bits per heavy atom. The first kappa shape index (κ1) is 21.7. The van der Waals surface area contributed by atoms with Crippen molar-refractivity contribution in [2.45, 2.75) is 36.7 Å². The molecule has 0 spiro atoms. The van der Waals surface area contributed by atoms with Crippen molar-refractivity contribution in [1.82, 2.24) is 9.62 Å². The minimum absolute atomic E-state index is 0.0725. The molecule has 0 bridgehead atoms. The summed E-state index contributed by atoms with van der Waals surface area (Å²) in [4.78, 5) is 12.7. The fourth-order valence-electron chi connectivity index (χ4n) is 3.29. The molecule has 1 saturated heterocycles. The SMILES string of the molecule is COc1ccc(CN(C2CCCCNC2=O)S(=O)(=O)c2ccc(Br)cc2)cc1F. The lowest BCUT2D eigenvalue weighted by molar-refractivity contribution is -0.124. The van der Waals surface area contributed by atoms with Gasteiger partial charge in [-0.1, -0.05) is 22.0 Å². The predicted molar refractivity (Wildman–Crippen MR) is 110 cm³/mol. The Hall–Kier alpha value is -1.97. The lowest BCUT2D eigenvalue weighted by atomic mass is 10.1. The second-order valence-electron chi connectivity index (χ2n) is 6.78. The van der Waals surface area contributed by atoms with Crippen molar-refractivity contribution in [3.8, 4) is 5.75 Å². The van der Waals surface area contributed by atoms with Crippen LogP contribution < -0.4 is 10.1 Å². The molecule has 1 amide bonds. The number of nitrogens with zero attached hydrogens (tertiary/aromatic N) is 1. The van der Waals surface area contributed by atoms with Crippen LogP contribution in [0, 0.1) is 5.82 Å². The summed E-state index contributed by atoms with van der Waals surface area (Å²) in [5.74, 6) is -0.850. The smallest absolute Gasteiger partial charge is 0.244 e. The second-order valence-corrected chi connectivity index (χ2v) is 9.58. The quantitative estimate of drug-likeness (QED) is 0.680. The highest BCUT2D eigenvalue weighted by Crippen LogP contribution is 2.27. The maximum absolute atomic E-state index is 14.2. The summed E-state index contributed by atoms with van der Waals surface area (Å²) in [5, 5.41) is 2.78. The van der Waals surface area contributed by atoms with Crippen LogP contribution in [0.5, 0.6) is 5.75 Å². The predicted octanol–water partition coefficient (Wildman–Crippen LogP) is 3.46. The van der Waals surface area contributed by atoms with Gasteiger partial charge in [-0.3, -0.25) is 4.79 Å². The molecule has 2 aromatic carbocycles. The first-order valence-electron chi connectivity index (χ1n) is 9.20. The topological polar surface area (TPSA) is 75.7 Å². The molecule has 1 aliphatic heterocycles. The van der Waals surface area contributed by atoms with Crippen molar-refractivity contribution in [3.05, 3.63) is 58.3 Å². The van der Waals surface area contributed by atoms with E-state index in [0.29, 0.717) is 24.9 Å². The van der Waals surface area contributed by atoms with Crippen LogP contribution in [-0.2, 0) is 21.4 Å². The third-order valence-corrected chi connectivity index (χ3v) is 7.23. The summed E-state index contributed by atoms with van der Waals surface area (Å²) >= 11 is 3.29. The van der Waals surface area contributed by atoms with Gasteiger partial charge in [-0.2, -0.15) is 4.31 Å². The first-order valence-corrected chi connectivity index (χ1v) is 11.4. The van der Waals surface area contributed by atoms with Gasteiger partial charge in [-0.15, -0.1) is 0 Å². The molecule has 1 heterocycles. The number of carbonyl (C=O) groups excluding carboxylic acids is 1. The van der Waals surface area contributed by atoms with Gasteiger partial charge < -0.3 is 10.1 Å². The molecule has 1 N–H and O–H groups in total. The molecule has 1 atom stereocenters. The van der Waals surface area contributed by atoms with Crippen LogP contribution in [0.1, 0.15) is 24.8 Å². The van der Waals surface area contributed by atoms with E-state index in [4.69, 9.17) is 4.74 Å². The number of nitrogens with one attached hydrogen (secondary N) is 1. The third-order valence-electron chi connectivity index (χ3n) is 4.83. The average Bonchev–Trinajstić information content (AvgIpc) is 2.90. The van der Waals surface area contributed by atoms with Gasteiger partial charge in [0.05, 0.1) is 12.0 Å². The zero-order valence-corrected chi connectivity index (χ0v) is 18.3. The van der Waals surface area contributed by atoms with Crippen molar-refractivity contribution in [1.29, 1.82) is 0 Å². The minimum atomic E-state index is -4.00. The molecule has 2 aromatic rings. The summed E-state index contributed by atoms with van der Waals surface area (Å²) in [5.41, 5.74) is 0.432. The minimum Gasteiger partial charge on any atom is -0.494 e. The van der Waals surface area contributed by atoms with Crippen LogP contribution in [0.4, 0.5) is 4.39 Å². The molecule has 0 radical (unpaired) electrons. The Morgan fingerprint density at radius 1 is 1.21 bits per heavy atom. The summed E-state index contributed by atoms with van der Waals surface area (Å²) in [6.45, 7) is 0.385. The van der Waals surface area contributed by atoms with Crippen LogP contribution in [0.2, 0.25) is 0 Å². The van der Waals surface area contributed by atoms with Crippen molar-refractivity contribution < 1.29 is 22.3 Å². The number of methoxy groups -OCH3 is 1. The highest BCUT2D eigenvalue weighted by Gasteiger charge is 2.36.